The lowest BCUT2D eigenvalue weighted by Crippen LogP contribution is -2.31. The molecule has 10 heteroatoms. The zero-order chi connectivity index (χ0) is 18.1. The summed E-state index contributed by atoms with van der Waals surface area (Å²) in [5.74, 6) is -0.134. The standard InChI is InChI=1S/C15H18N6O3S/c1-3-7-21-14(11-8-16-5-6-17-11)19-20-15(21)25-10-12(22)18-9-13(23)24-4-2/h3,5-6,8H,1,4,7,9-10H2,2H3,(H,18,22). The molecule has 1 N–H and O–H groups in total. The molecule has 0 fully saturated rings. The van der Waals surface area contributed by atoms with Crippen molar-refractivity contribution < 1.29 is 14.3 Å². The zero-order valence-corrected chi connectivity index (χ0v) is 14.5. The van der Waals surface area contributed by atoms with Crippen LogP contribution in [0.25, 0.3) is 11.5 Å². The Balaban J connectivity index is 2.00. The molecule has 2 heterocycles. The highest BCUT2D eigenvalue weighted by atomic mass is 32.2. The molecule has 0 unspecified atom stereocenters. The molecule has 1 amide bonds. The molecule has 2 rings (SSSR count). The molecule has 0 spiro atoms. The van der Waals surface area contributed by atoms with E-state index in [1.807, 2.05) is 0 Å². The van der Waals surface area contributed by atoms with Gasteiger partial charge in [-0.1, -0.05) is 17.8 Å². The van der Waals surface area contributed by atoms with E-state index in [1.165, 1.54) is 11.8 Å². The molecule has 2 aromatic rings. The minimum Gasteiger partial charge on any atom is -0.465 e. The van der Waals surface area contributed by atoms with Gasteiger partial charge < -0.3 is 10.1 Å². The van der Waals surface area contributed by atoms with Crippen molar-refractivity contribution in [1.82, 2.24) is 30.0 Å². The van der Waals surface area contributed by atoms with Gasteiger partial charge in [0.05, 0.1) is 18.6 Å². The van der Waals surface area contributed by atoms with E-state index in [2.05, 4.69) is 32.1 Å². The van der Waals surface area contributed by atoms with Crippen molar-refractivity contribution in [3.05, 3.63) is 31.2 Å². The number of amides is 1. The van der Waals surface area contributed by atoms with Gasteiger partial charge in [0.15, 0.2) is 11.0 Å². The third kappa shape index (κ3) is 5.38. The Hall–Kier alpha value is -2.75. The number of nitrogens with zero attached hydrogens (tertiary/aromatic N) is 5. The van der Waals surface area contributed by atoms with E-state index >= 15 is 0 Å². The number of rotatable bonds is 9. The van der Waals surface area contributed by atoms with Gasteiger partial charge in [-0.15, -0.1) is 16.8 Å². The Bertz CT molecular complexity index is 734. The average Bonchev–Trinajstić information content (AvgIpc) is 3.02. The van der Waals surface area contributed by atoms with E-state index in [1.54, 1.807) is 36.2 Å². The monoisotopic (exact) mass is 362 g/mol. The summed E-state index contributed by atoms with van der Waals surface area (Å²) in [5.41, 5.74) is 0.579. The first kappa shape index (κ1) is 18.6. The first-order valence-corrected chi connectivity index (χ1v) is 8.49. The number of aromatic nitrogens is 5. The number of nitrogens with one attached hydrogen (secondary N) is 1. The maximum Gasteiger partial charge on any atom is 0.325 e. The molecular weight excluding hydrogens is 344 g/mol. The highest BCUT2D eigenvalue weighted by Crippen LogP contribution is 2.22. The fourth-order valence-electron chi connectivity index (χ4n) is 1.86. The maximum atomic E-state index is 11.8. The van der Waals surface area contributed by atoms with Gasteiger partial charge in [-0.05, 0) is 6.92 Å². The number of carbonyl (C=O) groups is 2. The number of esters is 1. The van der Waals surface area contributed by atoms with Crippen LogP contribution >= 0.6 is 11.8 Å². The quantitative estimate of drug-likeness (QED) is 0.394. The molecule has 0 saturated carbocycles. The molecule has 0 bridgehead atoms. The normalized spacial score (nSPS) is 10.3. The summed E-state index contributed by atoms with van der Waals surface area (Å²) >= 11 is 1.20. The number of thioether (sulfide) groups is 1. The predicted octanol–water partition coefficient (Wildman–Crippen LogP) is 0.692. The van der Waals surface area contributed by atoms with Crippen molar-refractivity contribution in [3.63, 3.8) is 0 Å². The van der Waals surface area contributed by atoms with Crippen molar-refractivity contribution in [1.29, 1.82) is 0 Å². The van der Waals surface area contributed by atoms with E-state index in [0.29, 0.717) is 23.2 Å². The number of ether oxygens (including phenoxy) is 1. The van der Waals surface area contributed by atoms with Crippen LogP contribution in [-0.2, 0) is 20.9 Å². The van der Waals surface area contributed by atoms with Gasteiger partial charge in [0, 0.05) is 18.9 Å². The summed E-state index contributed by atoms with van der Waals surface area (Å²) in [6.45, 7) is 6.01. The molecule has 0 aliphatic heterocycles. The van der Waals surface area contributed by atoms with Crippen LogP contribution in [0.15, 0.2) is 36.4 Å². The summed E-state index contributed by atoms with van der Waals surface area (Å²) in [7, 11) is 0. The van der Waals surface area contributed by atoms with Crippen LogP contribution in [0.1, 0.15) is 6.92 Å². The van der Waals surface area contributed by atoms with Gasteiger partial charge in [0.25, 0.3) is 0 Å². The van der Waals surface area contributed by atoms with Crippen LogP contribution in [0.5, 0.6) is 0 Å². The topological polar surface area (TPSA) is 112 Å². The second-order valence-electron chi connectivity index (χ2n) is 4.67. The molecule has 0 aliphatic rings. The molecule has 132 valence electrons. The van der Waals surface area contributed by atoms with E-state index in [-0.39, 0.29) is 24.8 Å². The number of allylic oxidation sites excluding steroid dienone is 1. The Morgan fingerprint density at radius 1 is 1.40 bits per heavy atom. The van der Waals surface area contributed by atoms with Crippen LogP contribution in [0.2, 0.25) is 0 Å². The number of hydrogen-bond acceptors (Lipinski definition) is 8. The smallest absolute Gasteiger partial charge is 0.325 e. The Morgan fingerprint density at radius 2 is 2.24 bits per heavy atom. The van der Waals surface area contributed by atoms with Gasteiger partial charge in [0.2, 0.25) is 5.91 Å². The summed E-state index contributed by atoms with van der Waals surface area (Å²) in [6, 6.07) is 0. The van der Waals surface area contributed by atoms with Crippen LogP contribution in [0.3, 0.4) is 0 Å². The van der Waals surface area contributed by atoms with Crippen molar-refractivity contribution in [2.45, 2.75) is 18.6 Å². The minimum atomic E-state index is -0.472. The van der Waals surface area contributed by atoms with Crippen LogP contribution in [-0.4, -0.2) is 55.5 Å². The first-order chi connectivity index (χ1) is 12.2. The Labute approximate surface area is 148 Å². The Morgan fingerprint density at radius 3 is 2.92 bits per heavy atom. The molecule has 25 heavy (non-hydrogen) atoms. The van der Waals surface area contributed by atoms with E-state index in [9.17, 15) is 9.59 Å². The van der Waals surface area contributed by atoms with Gasteiger partial charge in [-0.3, -0.25) is 19.1 Å². The highest BCUT2D eigenvalue weighted by molar-refractivity contribution is 7.99. The van der Waals surface area contributed by atoms with E-state index in [0.717, 1.165) is 0 Å². The average molecular weight is 362 g/mol. The van der Waals surface area contributed by atoms with E-state index in [4.69, 9.17) is 4.74 Å². The lowest BCUT2D eigenvalue weighted by Gasteiger charge is -2.07. The zero-order valence-electron chi connectivity index (χ0n) is 13.7. The Kier molecular flexibility index (Phi) is 7.08. The predicted molar refractivity (Wildman–Crippen MR) is 91.6 cm³/mol. The molecule has 0 radical (unpaired) electrons. The molecule has 0 aliphatic carbocycles. The molecular formula is C15H18N6O3S. The summed E-state index contributed by atoms with van der Waals surface area (Å²) in [4.78, 5) is 31.3. The number of carbonyl (C=O) groups excluding carboxylic acids is 2. The molecule has 0 saturated heterocycles. The van der Waals surface area contributed by atoms with Crippen molar-refractivity contribution in [2.75, 3.05) is 18.9 Å². The molecule has 0 aromatic carbocycles. The van der Waals surface area contributed by atoms with Crippen LogP contribution in [0, 0.1) is 0 Å². The molecule has 9 nitrogen and oxygen atoms in total. The highest BCUT2D eigenvalue weighted by Gasteiger charge is 2.16. The van der Waals surface area contributed by atoms with Crippen molar-refractivity contribution >= 4 is 23.6 Å². The van der Waals surface area contributed by atoms with Crippen LogP contribution < -0.4 is 5.32 Å². The lowest BCUT2D eigenvalue weighted by atomic mass is 10.4. The summed E-state index contributed by atoms with van der Waals surface area (Å²) in [5, 5.41) is 11.3. The minimum absolute atomic E-state index is 0.0924. The summed E-state index contributed by atoms with van der Waals surface area (Å²) < 4.78 is 6.54. The molecule has 2 aromatic heterocycles. The SMILES string of the molecule is C=CCn1c(SCC(=O)NCC(=O)OCC)nnc1-c1cnccn1. The fraction of sp³-hybridized carbons (Fsp3) is 0.333. The maximum absolute atomic E-state index is 11.8. The third-order valence-corrected chi connectivity index (χ3v) is 3.86. The second-order valence-corrected chi connectivity index (χ2v) is 5.61. The largest absolute Gasteiger partial charge is 0.465 e. The fourth-order valence-corrected chi connectivity index (χ4v) is 2.63. The van der Waals surface area contributed by atoms with Gasteiger partial charge in [0.1, 0.15) is 12.2 Å². The van der Waals surface area contributed by atoms with Gasteiger partial charge in [-0.25, -0.2) is 4.98 Å². The van der Waals surface area contributed by atoms with Gasteiger partial charge in [-0.2, -0.15) is 0 Å². The van der Waals surface area contributed by atoms with Crippen molar-refractivity contribution in [2.24, 2.45) is 0 Å². The first-order valence-electron chi connectivity index (χ1n) is 7.51. The summed E-state index contributed by atoms with van der Waals surface area (Å²) in [6.07, 6.45) is 6.43. The van der Waals surface area contributed by atoms with E-state index < -0.39 is 5.97 Å². The lowest BCUT2D eigenvalue weighted by molar-refractivity contribution is -0.143. The second kappa shape index (κ2) is 9.52. The molecule has 0 atom stereocenters. The van der Waals surface area contributed by atoms with Crippen LogP contribution in [0.4, 0.5) is 0 Å². The van der Waals surface area contributed by atoms with Gasteiger partial charge >= 0.3 is 5.97 Å². The number of hydrogen-bond donors (Lipinski definition) is 1. The van der Waals surface area contributed by atoms with Crippen molar-refractivity contribution in [3.8, 4) is 11.5 Å². The third-order valence-electron chi connectivity index (χ3n) is 2.89.